The molecule has 0 spiro atoms. The number of carbonyl (C=O) groups is 1. The van der Waals surface area contributed by atoms with Crippen LogP contribution in [-0.2, 0) is 11.3 Å². The molecule has 0 saturated carbocycles. The third kappa shape index (κ3) is 5.27. The van der Waals surface area contributed by atoms with Gasteiger partial charge in [-0.3, -0.25) is 9.79 Å². The molecule has 2 unspecified atom stereocenters. The maximum Gasteiger partial charge on any atom is 0.221 e. The number of benzene rings is 1. The fourth-order valence-electron chi connectivity index (χ4n) is 3.31. The summed E-state index contributed by atoms with van der Waals surface area (Å²) >= 11 is 0. The van der Waals surface area contributed by atoms with E-state index < -0.39 is 0 Å². The summed E-state index contributed by atoms with van der Waals surface area (Å²) in [5.41, 5.74) is 1.95. The fraction of sp³-hybridized carbons (Fsp3) is 0.556. The van der Waals surface area contributed by atoms with E-state index in [4.69, 9.17) is 0 Å². The van der Waals surface area contributed by atoms with Crippen molar-refractivity contribution in [3.63, 3.8) is 0 Å². The highest BCUT2D eigenvalue weighted by Crippen LogP contribution is 2.21. The van der Waals surface area contributed by atoms with Crippen LogP contribution in [0, 0.1) is 11.8 Å². The maximum atomic E-state index is 11.2. The smallest absolute Gasteiger partial charge is 0.221 e. The van der Waals surface area contributed by atoms with Crippen LogP contribution in [0.2, 0.25) is 0 Å². The number of rotatable bonds is 3. The zero-order valence-corrected chi connectivity index (χ0v) is 14.6. The Morgan fingerprint density at radius 1 is 1.30 bits per heavy atom. The predicted octanol–water partition coefficient (Wildman–Crippen LogP) is 2.70. The third-order valence-corrected chi connectivity index (χ3v) is 4.08. The lowest BCUT2D eigenvalue weighted by atomic mass is 9.92. The van der Waals surface area contributed by atoms with Crippen LogP contribution in [0.15, 0.2) is 29.3 Å². The van der Waals surface area contributed by atoms with Crippen LogP contribution >= 0.6 is 0 Å². The Kier molecular flexibility index (Phi) is 6.02. The molecule has 2 rings (SSSR count). The first-order chi connectivity index (χ1) is 11.0. The minimum atomic E-state index is -0.0535. The summed E-state index contributed by atoms with van der Waals surface area (Å²) < 4.78 is 0. The van der Waals surface area contributed by atoms with Crippen molar-refractivity contribution >= 4 is 17.6 Å². The van der Waals surface area contributed by atoms with Gasteiger partial charge < -0.3 is 15.5 Å². The van der Waals surface area contributed by atoms with E-state index in [0.717, 1.165) is 30.3 Å². The monoisotopic (exact) mass is 316 g/mol. The largest absolute Gasteiger partial charge is 0.352 e. The highest BCUT2D eigenvalue weighted by Gasteiger charge is 2.23. The average molecular weight is 316 g/mol. The number of aliphatic imine (C=N–C) groups is 1. The molecule has 5 nitrogen and oxygen atoms in total. The second kappa shape index (κ2) is 7.99. The molecule has 0 aromatic heterocycles. The van der Waals surface area contributed by atoms with Crippen LogP contribution in [-0.4, -0.2) is 36.9 Å². The van der Waals surface area contributed by atoms with Crippen LogP contribution in [0.1, 0.15) is 32.8 Å². The number of nitrogens with zero attached hydrogens (tertiary/aromatic N) is 2. The summed E-state index contributed by atoms with van der Waals surface area (Å²) in [4.78, 5) is 17.9. The number of anilines is 1. The summed E-state index contributed by atoms with van der Waals surface area (Å²) in [6.07, 6.45) is 1.28. The van der Waals surface area contributed by atoms with Crippen molar-refractivity contribution in [1.82, 2.24) is 10.2 Å². The number of nitrogens with one attached hydrogen (secondary N) is 2. The van der Waals surface area contributed by atoms with E-state index in [1.165, 1.54) is 13.3 Å². The first-order valence-corrected chi connectivity index (χ1v) is 8.30. The quantitative estimate of drug-likeness (QED) is 0.666. The molecule has 5 heteroatoms. The van der Waals surface area contributed by atoms with Crippen molar-refractivity contribution in [2.24, 2.45) is 16.8 Å². The minimum Gasteiger partial charge on any atom is -0.352 e. The Morgan fingerprint density at radius 2 is 2.00 bits per heavy atom. The topological polar surface area (TPSA) is 56.7 Å². The van der Waals surface area contributed by atoms with Crippen molar-refractivity contribution in [3.8, 4) is 0 Å². The van der Waals surface area contributed by atoms with E-state index >= 15 is 0 Å². The second-order valence-electron chi connectivity index (χ2n) is 6.63. The summed E-state index contributed by atoms with van der Waals surface area (Å²) in [5, 5.41) is 6.25. The van der Waals surface area contributed by atoms with Gasteiger partial charge in [0.15, 0.2) is 5.96 Å². The zero-order valence-electron chi connectivity index (χ0n) is 14.6. The molecule has 1 heterocycles. The van der Waals surface area contributed by atoms with Crippen LogP contribution in [0.5, 0.6) is 0 Å². The molecule has 0 radical (unpaired) electrons. The van der Waals surface area contributed by atoms with E-state index in [-0.39, 0.29) is 5.91 Å². The van der Waals surface area contributed by atoms with Gasteiger partial charge in [0, 0.05) is 39.3 Å². The molecule has 126 valence electrons. The number of likely N-dealkylation sites (tertiary alicyclic amines) is 1. The molecule has 2 N–H and O–H groups in total. The van der Waals surface area contributed by atoms with E-state index in [9.17, 15) is 4.79 Å². The van der Waals surface area contributed by atoms with Gasteiger partial charge in [-0.2, -0.15) is 0 Å². The first kappa shape index (κ1) is 17.3. The lowest BCUT2D eigenvalue weighted by Crippen LogP contribution is -2.48. The van der Waals surface area contributed by atoms with Crippen molar-refractivity contribution in [2.45, 2.75) is 33.7 Å². The van der Waals surface area contributed by atoms with Crippen LogP contribution in [0.4, 0.5) is 5.69 Å². The van der Waals surface area contributed by atoms with Crippen molar-refractivity contribution in [3.05, 3.63) is 29.8 Å². The van der Waals surface area contributed by atoms with Crippen molar-refractivity contribution in [2.75, 3.05) is 25.5 Å². The van der Waals surface area contributed by atoms with Crippen LogP contribution in [0.3, 0.4) is 0 Å². The summed E-state index contributed by atoms with van der Waals surface area (Å²) in [6, 6.07) is 7.89. The molecule has 1 aromatic carbocycles. The molecule has 1 aliphatic rings. The van der Waals surface area contributed by atoms with Gasteiger partial charge in [-0.05, 0) is 36.0 Å². The van der Waals surface area contributed by atoms with Gasteiger partial charge in [0.05, 0.1) is 0 Å². The normalized spacial score (nSPS) is 21.9. The molecular formula is C18H28N4O. The molecule has 1 saturated heterocycles. The first-order valence-electron chi connectivity index (χ1n) is 8.30. The highest BCUT2D eigenvalue weighted by molar-refractivity contribution is 5.88. The molecule has 1 fully saturated rings. The van der Waals surface area contributed by atoms with E-state index in [2.05, 4.69) is 34.4 Å². The number of amides is 1. The third-order valence-electron chi connectivity index (χ3n) is 4.08. The van der Waals surface area contributed by atoms with Crippen molar-refractivity contribution < 1.29 is 4.79 Å². The summed E-state index contributed by atoms with van der Waals surface area (Å²) in [7, 11) is 1.83. The summed E-state index contributed by atoms with van der Waals surface area (Å²) in [6.45, 7) is 8.91. The van der Waals surface area contributed by atoms with E-state index in [0.29, 0.717) is 18.4 Å². The number of carbonyl (C=O) groups excluding carboxylic acids is 1. The van der Waals surface area contributed by atoms with Crippen LogP contribution in [0.25, 0.3) is 0 Å². The number of guanidine groups is 1. The molecule has 0 aliphatic carbocycles. The Morgan fingerprint density at radius 3 is 2.61 bits per heavy atom. The Labute approximate surface area is 139 Å². The minimum absolute atomic E-state index is 0.0535. The van der Waals surface area contributed by atoms with Gasteiger partial charge >= 0.3 is 0 Å². The standard InChI is InChI=1S/C18H28N4O/c1-13-8-14(2)12-22(11-13)18(19-4)20-10-16-6-5-7-17(9-16)21-15(3)23/h5-7,9,13-14H,8,10-12H2,1-4H3,(H,19,20)(H,21,23). The zero-order chi connectivity index (χ0) is 16.8. The molecule has 1 amide bonds. The highest BCUT2D eigenvalue weighted by atomic mass is 16.1. The van der Waals surface area contributed by atoms with Gasteiger partial charge in [0.1, 0.15) is 0 Å². The van der Waals surface area contributed by atoms with Gasteiger partial charge in [0.25, 0.3) is 0 Å². The van der Waals surface area contributed by atoms with Crippen molar-refractivity contribution in [1.29, 1.82) is 0 Å². The van der Waals surface area contributed by atoms with Gasteiger partial charge in [0.2, 0.25) is 5.91 Å². The molecular weight excluding hydrogens is 288 g/mol. The average Bonchev–Trinajstić information content (AvgIpc) is 2.46. The predicted molar refractivity (Wildman–Crippen MR) is 95.5 cm³/mol. The maximum absolute atomic E-state index is 11.2. The molecule has 1 aromatic rings. The van der Waals surface area contributed by atoms with Gasteiger partial charge in [-0.1, -0.05) is 26.0 Å². The summed E-state index contributed by atoms with van der Waals surface area (Å²) in [5.74, 6) is 2.29. The van der Waals surface area contributed by atoms with E-state index in [1.807, 2.05) is 31.3 Å². The molecule has 1 aliphatic heterocycles. The second-order valence-corrected chi connectivity index (χ2v) is 6.63. The number of piperidine rings is 1. The Bertz CT molecular complexity index is 560. The SMILES string of the molecule is CN=C(NCc1cccc(NC(C)=O)c1)N1CC(C)CC(C)C1. The Hall–Kier alpha value is -2.04. The van der Waals surface area contributed by atoms with Crippen LogP contribution < -0.4 is 10.6 Å². The number of hydrogen-bond acceptors (Lipinski definition) is 2. The van der Waals surface area contributed by atoms with E-state index in [1.54, 1.807) is 0 Å². The fourth-order valence-corrected chi connectivity index (χ4v) is 3.31. The van der Waals surface area contributed by atoms with Gasteiger partial charge in [-0.25, -0.2) is 0 Å². The number of hydrogen-bond donors (Lipinski definition) is 2. The lowest BCUT2D eigenvalue weighted by molar-refractivity contribution is -0.114. The Balaban J connectivity index is 1.97. The lowest BCUT2D eigenvalue weighted by Gasteiger charge is -2.37. The molecule has 2 atom stereocenters. The van der Waals surface area contributed by atoms with Gasteiger partial charge in [-0.15, -0.1) is 0 Å². The molecule has 0 bridgehead atoms. The molecule has 23 heavy (non-hydrogen) atoms.